The largest absolute Gasteiger partial charge is 0.504 e. The van der Waals surface area contributed by atoms with Crippen LogP contribution >= 0.6 is 0 Å². The van der Waals surface area contributed by atoms with Gasteiger partial charge in [0.2, 0.25) is 0 Å². The molecule has 2 aromatic carbocycles. The molecule has 23 heavy (non-hydrogen) atoms. The molecule has 1 aliphatic carbocycles. The molecule has 1 atom stereocenters. The maximum atomic E-state index is 12.4. The summed E-state index contributed by atoms with van der Waals surface area (Å²) in [4.78, 5) is 22.5. The van der Waals surface area contributed by atoms with Gasteiger partial charge < -0.3 is 15.3 Å². The molecule has 0 aromatic heterocycles. The lowest BCUT2D eigenvalue weighted by Gasteiger charge is -2.08. The number of nitro benzene ring substituents is 1. The van der Waals surface area contributed by atoms with Crippen LogP contribution in [-0.4, -0.2) is 26.0 Å². The van der Waals surface area contributed by atoms with Crippen molar-refractivity contribution < 1.29 is 25.0 Å². The Bertz CT molecular complexity index is 830. The zero-order valence-electron chi connectivity index (χ0n) is 11.9. The first-order valence-electron chi connectivity index (χ1n) is 6.92. The maximum Gasteiger partial charge on any atom is 0.310 e. The summed E-state index contributed by atoms with van der Waals surface area (Å²) in [6.45, 7) is 0. The molecular formula is C16H13NO6. The van der Waals surface area contributed by atoms with Crippen molar-refractivity contribution in [2.24, 2.45) is 5.92 Å². The van der Waals surface area contributed by atoms with Crippen LogP contribution in [0.15, 0.2) is 30.3 Å². The molecule has 0 heterocycles. The Morgan fingerprint density at radius 3 is 2.48 bits per heavy atom. The number of carbonyl (C=O) groups is 1. The van der Waals surface area contributed by atoms with Gasteiger partial charge in [-0.05, 0) is 42.2 Å². The van der Waals surface area contributed by atoms with Crippen LogP contribution in [0.4, 0.5) is 5.69 Å². The summed E-state index contributed by atoms with van der Waals surface area (Å²) in [5, 5.41) is 39.3. The van der Waals surface area contributed by atoms with Crippen molar-refractivity contribution >= 4 is 11.5 Å². The molecule has 7 nitrogen and oxygen atoms in total. The van der Waals surface area contributed by atoms with E-state index >= 15 is 0 Å². The molecule has 0 fully saturated rings. The van der Waals surface area contributed by atoms with Crippen molar-refractivity contribution in [3.05, 3.63) is 57.1 Å². The number of rotatable bonds is 3. The molecule has 3 N–H and O–H groups in total. The van der Waals surface area contributed by atoms with Crippen LogP contribution in [0, 0.1) is 16.0 Å². The van der Waals surface area contributed by atoms with Gasteiger partial charge in [-0.15, -0.1) is 0 Å². The summed E-state index contributed by atoms with van der Waals surface area (Å²) in [5.41, 5.74) is 1.16. The quantitative estimate of drug-likeness (QED) is 0.454. The number of carbonyl (C=O) groups excluding carboxylic acids is 1. The van der Waals surface area contributed by atoms with Gasteiger partial charge in [0.1, 0.15) is 0 Å². The van der Waals surface area contributed by atoms with Crippen molar-refractivity contribution in [1.82, 2.24) is 0 Å². The molecule has 0 amide bonds. The summed E-state index contributed by atoms with van der Waals surface area (Å²) in [7, 11) is 0. The first-order chi connectivity index (χ1) is 10.9. The molecule has 0 spiro atoms. The summed E-state index contributed by atoms with van der Waals surface area (Å²) >= 11 is 0. The van der Waals surface area contributed by atoms with Crippen molar-refractivity contribution in [3.63, 3.8) is 0 Å². The number of nitro groups is 1. The van der Waals surface area contributed by atoms with E-state index in [9.17, 15) is 30.2 Å². The number of phenolic OH excluding ortho intramolecular Hbond substituents is 3. The Balaban J connectivity index is 1.87. The summed E-state index contributed by atoms with van der Waals surface area (Å²) in [5.74, 6) is -1.65. The minimum absolute atomic E-state index is 0.175. The Kier molecular flexibility index (Phi) is 3.40. The molecule has 1 unspecified atom stereocenters. The minimum atomic E-state index is -0.680. The number of phenols is 3. The molecule has 118 valence electrons. The van der Waals surface area contributed by atoms with Crippen molar-refractivity contribution in [2.45, 2.75) is 12.8 Å². The van der Waals surface area contributed by atoms with Gasteiger partial charge >= 0.3 is 5.69 Å². The van der Waals surface area contributed by atoms with E-state index < -0.39 is 22.3 Å². The predicted octanol–water partition coefficient (Wildman–Crippen LogP) is 2.31. The molecule has 0 bridgehead atoms. The van der Waals surface area contributed by atoms with Gasteiger partial charge in [0.15, 0.2) is 23.0 Å². The van der Waals surface area contributed by atoms with Crippen molar-refractivity contribution in [2.75, 3.05) is 0 Å². The Morgan fingerprint density at radius 2 is 1.78 bits per heavy atom. The van der Waals surface area contributed by atoms with Gasteiger partial charge in [0.25, 0.3) is 0 Å². The predicted molar refractivity (Wildman–Crippen MR) is 79.8 cm³/mol. The van der Waals surface area contributed by atoms with Crippen LogP contribution in [0.5, 0.6) is 17.2 Å². The number of hydrogen-bond acceptors (Lipinski definition) is 6. The van der Waals surface area contributed by atoms with Gasteiger partial charge in [0.05, 0.1) is 4.92 Å². The molecule has 1 aliphatic rings. The molecule has 7 heteroatoms. The van der Waals surface area contributed by atoms with E-state index in [0.717, 1.165) is 0 Å². The van der Waals surface area contributed by atoms with Crippen molar-refractivity contribution in [1.29, 1.82) is 0 Å². The normalized spacial score (nSPS) is 16.3. The van der Waals surface area contributed by atoms with Gasteiger partial charge in [-0.2, -0.15) is 0 Å². The molecule has 3 rings (SSSR count). The zero-order chi connectivity index (χ0) is 16.7. The highest BCUT2D eigenvalue weighted by atomic mass is 16.6. The fourth-order valence-electron chi connectivity index (χ4n) is 2.89. The Labute approximate surface area is 130 Å². The second-order valence-corrected chi connectivity index (χ2v) is 5.55. The van der Waals surface area contributed by atoms with Crippen LogP contribution in [0.2, 0.25) is 0 Å². The highest BCUT2D eigenvalue weighted by Gasteiger charge is 2.32. The summed E-state index contributed by atoms with van der Waals surface area (Å²) < 4.78 is 0. The van der Waals surface area contributed by atoms with Crippen LogP contribution in [0.25, 0.3) is 0 Å². The van der Waals surface area contributed by atoms with Gasteiger partial charge in [-0.25, -0.2) is 0 Å². The van der Waals surface area contributed by atoms with E-state index in [1.54, 1.807) is 0 Å². The lowest BCUT2D eigenvalue weighted by molar-refractivity contribution is -0.385. The number of Topliss-reactive ketones (excluding diaryl/α,β-unsaturated/α-hetero) is 1. The van der Waals surface area contributed by atoms with Gasteiger partial charge in [-0.3, -0.25) is 14.9 Å². The van der Waals surface area contributed by atoms with Crippen molar-refractivity contribution in [3.8, 4) is 17.2 Å². The van der Waals surface area contributed by atoms with Gasteiger partial charge in [0, 0.05) is 17.5 Å². The average molecular weight is 315 g/mol. The number of aromatic hydroxyl groups is 3. The summed E-state index contributed by atoms with van der Waals surface area (Å²) in [6.07, 6.45) is 0.660. The van der Waals surface area contributed by atoms with E-state index in [2.05, 4.69) is 0 Å². The number of fused-ring (bicyclic) bond motifs is 1. The smallest absolute Gasteiger partial charge is 0.310 e. The lowest BCUT2D eigenvalue weighted by atomic mass is 9.95. The van der Waals surface area contributed by atoms with Crippen LogP contribution in [0.3, 0.4) is 0 Å². The molecule has 2 aromatic rings. The van der Waals surface area contributed by atoms with E-state index in [4.69, 9.17) is 0 Å². The molecule has 0 saturated carbocycles. The second kappa shape index (κ2) is 5.28. The van der Waals surface area contributed by atoms with Crippen LogP contribution < -0.4 is 0 Å². The molecule has 0 aliphatic heterocycles. The first-order valence-corrected chi connectivity index (χ1v) is 6.92. The molecule has 0 saturated heterocycles. The standard InChI is InChI=1S/C16H13NO6/c18-13-2-1-8(4-12(13)17(22)23)3-10-5-9-6-14(19)15(20)7-11(9)16(10)21/h1-2,4,6-7,10,18-20H,3,5H2. The molecule has 0 radical (unpaired) electrons. The number of benzene rings is 2. The third kappa shape index (κ3) is 2.57. The van der Waals surface area contributed by atoms with E-state index in [-0.39, 0.29) is 23.7 Å². The fourth-order valence-corrected chi connectivity index (χ4v) is 2.89. The van der Waals surface area contributed by atoms with Gasteiger partial charge in [-0.1, -0.05) is 6.07 Å². The Hall–Kier alpha value is -3.09. The highest BCUT2D eigenvalue weighted by molar-refractivity contribution is 6.03. The monoisotopic (exact) mass is 315 g/mol. The third-order valence-corrected chi connectivity index (χ3v) is 4.02. The SMILES string of the molecule is O=C1c2cc(O)c(O)cc2CC1Cc1ccc(O)c([N+](=O)[O-])c1. The van der Waals surface area contributed by atoms with Crippen LogP contribution in [0.1, 0.15) is 21.5 Å². The van der Waals surface area contributed by atoms with E-state index in [1.807, 2.05) is 0 Å². The molecular weight excluding hydrogens is 302 g/mol. The first kappa shape index (κ1) is 14.8. The fraction of sp³-hybridized carbons (Fsp3) is 0.188. The second-order valence-electron chi connectivity index (χ2n) is 5.55. The number of nitrogens with zero attached hydrogens (tertiary/aromatic N) is 1. The van der Waals surface area contributed by atoms with E-state index in [1.165, 1.54) is 30.3 Å². The third-order valence-electron chi connectivity index (χ3n) is 4.02. The van der Waals surface area contributed by atoms with Crippen LogP contribution in [-0.2, 0) is 12.8 Å². The lowest BCUT2D eigenvalue weighted by Crippen LogP contribution is -2.12. The number of ketones is 1. The maximum absolute atomic E-state index is 12.4. The summed E-state index contributed by atoms with van der Waals surface area (Å²) in [6, 6.07) is 6.62. The van der Waals surface area contributed by atoms with E-state index in [0.29, 0.717) is 23.1 Å². The average Bonchev–Trinajstić information content (AvgIpc) is 2.78. The highest BCUT2D eigenvalue weighted by Crippen LogP contribution is 2.37. The minimum Gasteiger partial charge on any atom is -0.504 e. The number of hydrogen-bond donors (Lipinski definition) is 3. The Morgan fingerprint density at radius 1 is 1.09 bits per heavy atom. The zero-order valence-corrected chi connectivity index (χ0v) is 11.9. The topological polar surface area (TPSA) is 121 Å².